The first-order valence-corrected chi connectivity index (χ1v) is 5.16. The van der Waals surface area contributed by atoms with Crippen LogP contribution in [0.15, 0.2) is 12.2 Å². The van der Waals surface area contributed by atoms with Crippen LogP contribution in [0.2, 0.25) is 0 Å². The van der Waals surface area contributed by atoms with E-state index in [1.54, 1.807) is 0 Å². The monoisotopic (exact) mass is 203 g/mol. The van der Waals surface area contributed by atoms with Crippen LogP contribution >= 0.6 is 11.6 Å². The van der Waals surface area contributed by atoms with Crippen molar-refractivity contribution in [2.24, 2.45) is 0 Å². The minimum atomic E-state index is -0.0230. The number of halogens is 1. The lowest BCUT2D eigenvalue weighted by atomic mass is 10.1. The van der Waals surface area contributed by atoms with E-state index < -0.39 is 0 Å². The van der Waals surface area contributed by atoms with Crippen molar-refractivity contribution >= 4 is 11.6 Å². The molecule has 2 nitrogen and oxygen atoms in total. The van der Waals surface area contributed by atoms with E-state index in [2.05, 4.69) is 25.3 Å². The SMILES string of the molecule is C=C(CCl)CN1CCOC(C)(C)C1. The van der Waals surface area contributed by atoms with E-state index in [0.29, 0.717) is 5.88 Å². The minimum absolute atomic E-state index is 0.0230. The minimum Gasteiger partial charge on any atom is -0.373 e. The molecule has 0 atom stereocenters. The number of ether oxygens (including phenoxy) is 1. The van der Waals surface area contributed by atoms with Crippen molar-refractivity contribution in [2.45, 2.75) is 19.4 Å². The lowest BCUT2D eigenvalue weighted by molar-refractivity contribution is -0.0834. The van der Waals surface area contributed by atoms with Gasteiger partial charge in [-0.05, 0) is 19.4 Å². The maximum atomic E-state index is 5.68. The van der Waals surface area contributed by atoms with Crippen LogP contribution in [0.4, 0.5) is 0 Å². The van der Waals surface area contributed by atoms with Crippen LogP contribution in [0.3, 0.4) is 0 Å². The summed E-state index contributed by atoms with van der Waals surface area (Å²) in [4.78, 5) is 2.34. The molecule has 0 aromatic rings. The largest absolute Gasteiger partial charge is 0.373 e. The van der Waals surface area contributed by atoms with Crippen molar-refractivity contribution in [2.75, 3.05) is 32.1 Å². The Bertz CT molecular complexity index is 191. The van der Waals surface area contributed by atoms with Gasteiger partial charge in [0, 0.05) is 25.5 Å². The summed E-state index contributed by atoms with van der Waals surface area (Å²) in [5, 5.41) is 0. The molecule has 1 fully saturated rings. The number of hydrogen-bond acceptors (Lipinski definition) is 2. The van der Waals surface area contributed by atoms with Crippen LogP contribution in [0.25, 0.3) is 0 Å². The Morgan fingerprint density at radius 1 is 1.62 bits per heavy atom. The molecule has 0 spiro atoms. The fraction of sp³-hybridized carbons (Fsp3) is 0.800. The first-order chi connectivity index (χ1) is 6.03. The predicted molar refractivity (Wildman–Crippen MR) is 56.3 cm³/mol. The summed E-state index contributed by atoms with van der Waals surface area (Å²) in [5.41, 5.74) is 1.06. The molecule has 0 aromatic heterocycles. The standard InChI is InChI=1S/C10H18ClNO/c1-9(6-11)7-12-4-5-13-10(2,3)8-12/h1,4-8H2,2-3H3. The molecule has 1 aliphatic heterocycles. The fourth-order valence-corrected chi connectivity index (χ4v) is 1.69. The molecule has 0 aliphatic carbocycles. The summed E-state index contributed by atoms with van der Waals surface area (Å²) in [6.07, 6.45) is 0. The van der Waals surface area contributed by atoms with Gasteiger partial charge in [-0.3, -0.25) is 4.90 Å². The normalized spacial score (nSPS) is 23.0. The average molecular weight is 204 g/mol. The van der Waals surface area contributed by atoms with Gasteiger partial charge in [-0.2, -0.15) is 0 Å². The number of hydrogen-bond donors (Lipinski definition) is 0. The third-order valence-electron chi connectivity index (χ3n) is 2.14. The molecule has 0 saturated carbocycles. The smallest absolute Gasteiger partial charge is 0.0753 e. The molecule has 0 unspecified atom stereocenters. The third-order valence-corrected chi connectivity index (χ3v) is 2.52. The molecular formula is C10H18ClNO. The fourth-order valence-electron chi connectivity index (χ4n) is 1.61. The summed E-state index contributed by atoms with van der Waals surface area (Å²) >= 11 is 5.68. The van der Waals surface area contributed by atoms with Crippen molar-refractivity contribution in [1.29, 1.82) is 0 Å². The van der Waals surface area contributed by atoms with Crippen molar-refractivity contribution in [3.05, 3.63) is 12.2 Å². The highest BCUT2D eigenvalue weighted by molar-refractivity contribution is 6.19. The zero-order valence-electron chi connectivity index (χ0n) is 8.48. The Balaban J connectivity index is 2.39. The summed E-state index contributed by atoms with van der Waals surface area (Å²) in [5.74, 6) is 0.553. The van der Waals surface area contributed by atoms with Gasteiger partial charge in [0.1, 0.15) is 0 Å². The van der Waals surface area contributed by atoms with Crippen molar-refractivity contribution in [3.8, 4) is 0 Å². The van der Waals surface area contributed by atoms with Crippen LogP contribution in [-0.4, -0.2) is 42.6 Å². The molecular weight excluding hydrogens is 186 g/mol. The third kappa shape index (κ3) is 3.67. The summed E-state index contributed by atoms with van der Waals surface area (Å²) in [6, 6.07) is 0. The molecule has 0 N–H and O–H groups in total. The first kappa shape index (κ1) is 11.0. The van der Waals surface area contributed by atoms with E-state index in [4.69, 9.17) is 16.3 Å². The molecule has 1 saturated heterocycles. The number of morpholine rings is 1. The van der Waals surface area contributed by atoms with E-state index in [1.165, 1.54) is 0 Å². The quantitative estimate of drug-likeness (QED) is 0.513. The summed E-state index contributed by atoms with van der Waals surface area (Å²) in [7, 11) is 0. The Kier molecular flexibility index (Phi) is 3.77. The van der Waals surface area contributed by atoms with Crippen LogP contribution in [0.5, 0.6) is 0 Å². The topological polar surface area (TPSA) is 12.5 Å². The Labute approximate surface area is 85.5 Å². The molecule has 1 heterocycles. The lowest BCUT2D eigenvalue weighted by Gasteiger charge is -2.38. The highest BCUT2D eigenvalue weighted by Gasteiger charge is 2.26. The molecule has 0 aromatic carbocycles. The highest BCUT2D eigenvalue weighted by atomic mass is 35.5. The summed E-state index contributed by atoms with van der Waals surface area (Å²) in [6.45, 7) is 11.8. The van der Waals surface area contributed by atoms with Crippen molar-refractivity contribution in [1.82, 2.24) is 4.90 Å². The van der Waals surface area contributed by atoms with Gasteiger partial charge in [-0.1, -0.05) is 6.58 Å². The lowest BCUT2D eigenvalue weighted by Crippen LogP contribution is -2.48. The van der Waals surface area contributed by atoms with Gasteiger partial charge in [0.2, 0.25) is 0 Å². The van der Waals surface area contributed by atoms with E-state index in [9.17, 15) is 0 Å². The molecule has 0 radical (unpaired) electrons. The molecule has 76 valence electrons. The van der Waals surface area contributed by atoms with E-state index in [1.807, 2.05) is 0 Å². The predicted octanol–water partition coefficient (Wildman–Crippen LogP) is 1.89. The van der Waals surface area contributed by atoms with Gasteiger partial charge >= 0.3 is 0 Å². The van der Waals surface area contributed by atoms with E-state index >= 15 is 0 Å². The zero-order chi connectivity index (χ0) is 9.90. The van der Waals surface area contributed by atoms with Crippen LogP contribution in [-0.2, 0) is 4.74 Å². The van der Waals surface area contributed by atoms with Crippen LogP contribution in [0.1, 0.15) is 13.8 Å². The van der Waals surface area contributed by atoms with Gasteiger partial charge in [-0.25, -0.2) is 0 Å². The number of alkyl halides is 1. The molecule has 3 heteroatoms. The summed E-state index contributed by atoms with van der Waals surface area (Å²) < 4.78 is 5.61. The molecule has 0 amide bonds. The van der Waals surface area contributed by atoms with Gasteiger partial charge in [0.15, 0.2) is 0 Å². The molecule has 1 rings (SSSR count). The van der Waals surface area contributed by atoms with Gasteiger partial charge in [-0.15, -0.1) is 11.6 Å². The Hall–Kier alpha value is -0.0500. The van der Waals surface area contributed by atoms with E-state index in [-0.39, 0.29) is 5.60 Å². The Morgan fingerprint density at radius 3 is 2.85 bits per heavy atom. The Morgan fingerprint density at radius 2 is 2.31 bits per heavy atom. The first-order valence-electron chi connectivity index (χ1n) is 4.62. The van der Waals surface area contributed by atoms with Crippen molar-refractivity contribution in [3.63, 3.8) is 0 Å². The number of nitrogens with zero attached hydrogens (tertiary/aromatic N) is 1. The van der Waals surface area contributed by atoms with Crippen LogP contribution in [0, 0.1) is 0 Å². The van der Waals surface area contributed by atoms with E-state index in [0.717, 1.165) is 31.8 Å². The highest BCUT2D eigenvalue weighted by Crippen LogP contribution is 2.17. The maximum absolute atomic E-state index is 5.68. The van der Waals surface area contributed by atoms with Crippen molar-refractivity contribution < 1.29 is 4.74 Å². The number of rotatable bonds is 3. The van der Waals surface area contributed by atoms with Gasteiger partial charge in [0.05, 0.1) is 12.2 Å². The zero-order valence-corrected chi connectivity index (χ0v) is 9.23. The molecule has 13 heavy (non-hydrogen) atoms. The van der Waals surface area contributed by atoms with Gasteiger partial charge in [0.25, 0.3) is 0 Å². The maximum Gasteiger partial charge on any atom is 0.0753 e. The second-order valence-electron chi connectivity index (χ2n) is 4.20. The van der Waals surface area contributed by atoms with Gasteiger partial charge < -0.3 is 4.74 Å². The average Bonchev–Trinajstić information content (AvgIpc) is 2.02. The molecule has 0 bridgehead atoms. The van der Waals surface area contributed by atoms with Crippen LogP contribution < -0.4 is 0 Å². The molecule has 1 aliphatic rings. The second kappa shape index (κ2) is 4.45. The second-order valence-corrected chi connectivity index (χ2v) is 4.47.